The number of hydroxylamine groups is 1. The lowest BCUT2D eigenvalue weighted by Gasteiger charge is -2.43. The van der Waals surface area contributed by atoms with E-state index in [4.69, 9.17) is 22.9 Å². The highest BCUT2D eigenvalue weighted by molar-refractivity contribution is 7.55. The molecule has 1 aromatic carbocycles. The maximum absolute atomic E-state index is 9.08. The molecule has 1 aliphatic heterocycles. The topological polar surface area (TPSA) is 41.2 Å². The molecule has 0 saturated carbocycles. The van der Waals surface area contributed by atoms with Crippen molar-refractivity contribution in [2.75, 3.05) is 6.54 Å². The Kier molecular flexibility index (Phi) is 3.23. The van der Waals surface area contributed by atoms with Crippen molar-refractivity contribution in [2.24, 2.45) is 7.05 Å². The van der Waals surface area contributed by atoms with Crippen LogP contribution in [0.3, 0.4) is 0 Å². The summed E-state index contributed by atoms with van der Waals surface area (Å²) in [5.74, 6) is 0.805. The molecular formula is C16H16N3OS-. The minimum absolute atomic E-state index is 0.0748. The van der Waals surface area contributed by atoms with Gasteiger partial charge in [-0.25, -0.2) is 0 Å². The van der Waals surface area contributed by atoms with Crippen LogP contribution in [0, 0.1) is 11.3 Å². The molecule has 0 atom stereocenters. The Balaban J connectivity index is 2.11. The molecule has 5 heteroatoms. The summed E-state index contributed by atoms with van der Waals surface area (Å²) in [5, 5.41) is 9.08. The van der Waals surface area contributed by atoms with E-state index in [2.05, 4.69) is 26.0 Å². The Bertz CT molecular complexity index is 742. The van der Waals surface area contributed by atoms with E-state index in [9.17, 15) is 0 Å². The molecule has 0 N–H and O–H groups in total. The molecule has 2 heterocycles. The van der Waals surface area contributed by atoms with Crippen molar-refractivity contribution in [3.63, 3.8) is 0 Å². The van der Waals surface area contributed by atoms with Crippen LogP contribution in [-0.4, -0.2) is 15.6 Å². The smallest absolute Gasteiger partial charge is 0.148 e. The molecule has 0 bridgehead atoms. The second kappa shape index (κ2) is 4.83. The SMILES string of the molecule is Cn1c(C#N)ccc1-c1ccc2c(c1)C(C)(C)CN([S-])O2. The molecule has 0 aliphatic carbocycles. The van der Waals surface area contributed by atoms with Crippen molar-refractivity contribution in [3.8, 4) is 23.1 Å². The summed E-state index contributed by atoms with van der Waals surface area (Å²) in [6, 6.07) is 12.1. The van der Waals surface area contributed by atoms with Crippen molar-refractivity contribution in [3.05, 3.63) is 41.6 Å². The minimum Gasteiger partial charge on any atom is -0.658 e. The number of hydrogen-bond acceptors (Lipinski definition) is 4. The third-order valence-corrected chi connectivity index (χ3v) is 4.17. The Morgan fingerprint density at radius 1 is 1.29 bits per heavy atom. The second-order valence-electron chi connectivity index (χ2n) is 5.95. The zero-order valence-electron chi connectivity index (χ0n) is 12.3. The third kappa shape index (κ3) is 2.31. The molecule has 1 aromatic heterocycles. The molecule has 0 unspecified atom stereocenters. The first-order valence-corrected chi connectivity index (χ1v) is 7.12. The maximum Gasteiger partial charge on any atom is 0.148 e. The van der Waals surface area contributed by atoms with Crippen LogP contribution in [0.2, 0.25) is 0 Å². The Hall–Kier alpha value is -1.90. The van der Waals surface area contributed by atoms with Crippen molar-refractivity contribution < 1.29 is 4.84 Å². The zero-order chi connectivity index (χ0) is 15.2. The normalized spacial score (nSPS) is 16.9. The molecular weight excluding hydrogens is 282 g/mol. The van der Waals surface area contributed by atoms with Gasteiger partial charge in [-0.05, 0) is 35.9 Å². The van der Waals surface area contributed by atoms with Gasteiger partial charge in [-0.1, -0.05) is 13.8 Å². The van der Waals surface area contributed by atoms with E-state index >= 15 is 0 Å². The van der Waals surface area contributed by atoms with Crippen LogP contribution in [0.15, 0.2) is 30.3 Å². The average molecular weight is 298 g/mol. The molecule has 0 fully saturated rings. The quantitative estimate of drug-likeness (QED) is 0.759. The molecule has 21 heavy (non-hydrogen) atoms. The molecule has 3 rings (SSSR count). The van der Waals surface area contributed by atoms with E-state index in [0.717, 1.165) is 22.6 Å². The van der Waals surface area contributed by atoms with Gasteiger partial charge in [0.25, 0.3) is 0 Å². The van der Waals surface area contributed by atoms with Crippen molar-refractivity contribution in [2.45, 2.75) is 19.3 Å². The molecule has 0 spiro atoms. The summed E-state index contributed by atoms with van der Waals surface area (Å²) in [4.78, 5) is 5.60. The maximum atomic E-state index is 9.08. The fourth-order valence-electron chi connectivity index (χ4n) is 2.76. The summed E-state index contributed by atoms with van der Waals surface area (Å²) in [5.41, 5.74) is 3.81. The number of hydrogen-bond donors (Lipinski definition) is 0. The van der Waals surface area contributed by atoms with Gasteiger partial charge in [-0.2, -0.15) is 5.26 Å². The average Bonchev–Trinajstić information content (AvgIpc) is 2.78. The zero-order valence-corrected chi connectivity index (χ0v) is 13.1. The van der Waals surface area contributed by atoms with Crippen LogP contribution in [0.4, 0.5) is 0 Å². The van der Waals surface area contributed by atoms with Gasteiger partial charge in [-0.15, -0.1) is 0 Å². The Labute approximate surface area is 130 Å². The van der Waals surface area contributed by atoms with Gasteiger partial charge >= 0.3 is 0 Å². The van der Waals surface area contributed by atoms with Crippen molar-refractivity contribution in [1.82, 2.24) is 9.04 Å². The van der Waals surface area contributed by atoms with E-state index in [1.165, 1.54) is 4.47 Å². The van der Waals surface area contributed by atoms with Gasteiger partial charge in [0.1, 0.15) is 17.5 Å². The predicted molar refractivity (Wildman–Crippen MR) is 83.3 cm³/mol. The monoisotopic (exact) mass is 298 g/mol. The van der Waals surface area contributed by atoms with E-state index in [1.54, 1.807) is 0 Å². The summed E-state index contributed by atoms with van der Waals surface area (Å²) in [7, 11) is 1.90. The lowest BCUT2D eigenvalue weighted by Crippen LogP contribution is -2.40. The van der Waals surface area contributed by atoms with E-state index in [1.807, 2.05) is 35.9 Å². The number of rotatable bonds is 1. The van der Waals surface area contributed by atoms with Crippen LogP contribution in [0.25, 0.3) is 11.3 Å². The van der Waals surface area contributed by atoms with Gasteiger partial charge in [0, 0.05) is 30.3 Å². The standard InChI is InChI=1S/C16H16N3OS/c1-16(2)10-19(21)20-15-7-4-11(8-13(15)16)14-6-5-12(9-17)18(14)3/h4-8H,10H2,1-3H3/q-1. The largest absolute Gasteiger partial charge is 0.658 e. The molecule has 1 aliphatic rings. The number of nitrogens with zero attached hydrogens (tertiary/aromatic N) is 3. The fraction of sp³-hybridized carbons (Fsp3) is 0.312. The number of fused-ring (bicyclic) bond motifs is 1. The van der Waals surface area contributed by atoms with E-state index in [0.29, 0.717) is 12.2 Å². The summed E-state index contributed by atoms with van der Waals surface area (Å²) in [6.45, 7) is 4.97. The molecule has 108 valence electrons. The first-order chi connectivity index (χ1) is 9.92. The first kappa shape index (κ1) is 14.1. The summed E-state index contributed by atoms with van der Waals surface area (Å²) >= 11 is 5.15. The number of nitriles is 1. The van der Waals surface area contributed by atoms with Crippen molar-refractivity contribution >= 4 is 12.8 Å². The molecule has 0 saturated heterocycles. The van der Waals surface area contributed by atoms with Crippen LogP contribution < -0.4 is 4.84 Å². The summed E-state index contributed by atoms with van der Waals surface area (Å²) < 4.78 is 3.36. The first-order valence-electron chi connectivity index (χ1n) is 6.76. The van der Waals surface area contributed by atoms with Crippen LogP contribution in [-0.2, 0) is 25.3 Å². The minimum atomic E-state index is -0.0748. The third-order valence-electron chi connectivity index (χ3n) is 3.97. The van der Waals surface area contributed by atoms with Crippen LogP contribution in [0.1, 0.15) is 25.1 Å². The van der Waals surface area contributed by atoms with Gasteiger partial charge < -0.3 is 22.2 Å². The van der Waals surface area contributed by atoms with Gasteiger partial charge in [0.05, 0.1) is 0 Å². The van der Waals surface area contributed by atoms with Gasteiger partial charge in [0.15, 0.2) is 0 Å². The predicted octanol–water partition coefficient (Wildman–Crippen LogP) is 2.91. The lowest BCUT2D eigenvalue weighted by molar-refractivity contribution is 0.0127. The number of benzene rings is 1. The molecule has 0 radical (unpaired) electrons. The molecule has 2 aromatic rings. The Morgan fingerprint density at radius 3 is 2.71 bits per heavy atom. The Morgan fingerprint density at radius 2 is 2.05 bits per heavy atom. The van der Waals surface area contributed by atoms with Gasteiger partial charge in [0.2, 0.25) is 0 Å². The van der Waals surface area contributed by atoms with E-state index in [-0.39, 0.29) is 5.41 Å². The van der Waals surface area contributed by atoms with Gasteiger partial charge in [-0.3, -0.25) is 4.47 Å². The highest BCUT2D eigenvalue weighted by Gasteiger charge is 2.30. The second-order valence-corrected chi connectivity index (χ2v) is 6.36. The summed E-state index contributed by atoms with van der Waals surface area (Å²) in [6.07, 6.45) is 0. The molecule has 0 amide bonds. The molecule has 4 nitrogen and oxygen atoms in total. The lowest BCUT2D eigenvalue weighted by atomic mass is 9.82. The van der Waals surface area contributed by atoms with Crippen LogP contribution in [0.5, 0.6) is 5.75 Å². The van der Waals surface area contributed by atoms with E-state index < -0.39 is 0 Å². The van der Waals surface area contributed by atoms with Crippen LogP contribution >= 0.6 is 0 Å². The highest BCUT2D eigenvalue weighted by atomic mass is 32.1. The fourth-order valence-corrected chi connectivity index (χ4v) is 3.16. The highest BCUT2D eigenvalue weighted by Crippen LogP contribution is 2.39. The van der Waals surface area contributed by atoms with Crippen molar-refractivity contribution in [1.29, 1.82) is 5.26 Å². The number of aromatic nitrogens is 1.